The number of imidazole rings is 1. The van der Waals surface area contributed by atoms with E-state index in [2.05, 4.69) is 44.6 Å². The van der Waals surface area contributed by atoms with Crippen molar-refractivity contribution in [1.82, 2.24) is 19.4 Å². The van der Waals surface area contributed by atoms with Gasteiger partial charge in [-0.15, -0.1) is 11.3 Å². The molecule has 1 atom stereocenters. The molecule has 0 aromatic carbocycles. The van der Waals surface area contributed by atoms with Crippen LogP contribution in [0, 0.1) is 12.8 Å². The van der Waals surface area contributed by atoms with Gasteiger partial charge in [0.2, 0.25) is 5.91 Å². The van der Waals surface area contributed by atoms with Gasteiger partial charge in [0.15, 0.2) is 0 Å². The highest BCUT2D eigenvalue weighted by molar-refractivity contribution is 7.11. The maximum absolute atomic E-state index is 12.0. The quantitative estimate of drug-likeness (QED) is 0.856. The summed E-state index contributed by atoms with van der Waals surface area (Å²) in [5.74, 6) is 1.92. The van der Waals surface area contributed by atoms with Crippen molar-refractivity contribution >= 4 is 17.2 Å². The van der Waals surface area contributed by atoms with E-state index in [1.54, 1.807) is 0 Å². The molecule has 2 aromatic rings. The number of thiophene rings is 1. The Morgan fingerprint density at radius 2 is 2.25 bits per heavy atom. The number of fused-ring (bicyclic) bond motifs is 1. The lowest BCUT2D eigenvalue weighted by Gasteiger charge is -2.27. The van der Waals surface area contributed by atoms with Crippen molar-refractivity contribution in [2.24, 2.45) is 5.92 Å². The number of aromatic nitrogens is 2. The predicted molar refractivity (Wildman–Crippen MR) is 94.7 cm³/mol. The van der Waals surface area contributed by atoms with Gasteiger partial charge in [-0.2, -0.15) is 0 Å². The molecule has 5 nitrogen and oxygen atoms in total. The molecule has 24 heavy (non-hydrogen) atoms. The molecule has 0 spiro atoms. The van der Waals surface area contributed by atoms with Gasteiger partial charge in [-0.05, 0) is 25.5 Å². The average Bonchev–Trinajstić information content (AvgIpc) is 3.22. The monoisotopic (exact) mass is 344 g/mol. The lowest BCUT2D eigenvalue weighted by atomic mass is 10.1. The smallest absolute Gasteiger partial charge is 0.222 e. The second-order valence-corrected chi connectivity index (χ2v) is 8.36. The Hall–Kier alpha value is -1.66. The summed E-state index contributed by atoms with van der Waals surface area (Å²) in [5.41, 5.74) is 0. The van der Waals surface area contributed by atoms with Crippen LogP contribution >= 0.6 is 11.3 Å². The number of carbonyl (C=O) groups excluding carboxylic acids is 1. The average molecular weight is 344 g/mol. The molecular weight excluding hydrogens is 320 g/mol. The van der Waals surface area contributed by atoms with E-state index in [1.807, 2.05) is 17.5 Å². The Morgan fingerprint density at radius 3 is 3.00 bits per heavy atom. The fraction of sp³-hybridized carbons (Fsp3) is 0.556. The molecule has 2 aliphatic heterocycles. The number of hydrogen-bond acceptors (Lipinski definition) is 4. The molecule has 0 N–H and O–H groups in total. The van der Waals surface area contributed by atoms with Gasteiger partial charge < -0.3 is 9.47 Å². The molecule has 1 unspecified atom stereocenters. The van der Waals surface area contributed by atoms with Gasteiger partial charge in [0.05, 0.1) is 6.54 Å². The molecule has 1 fully saturated rings. The maximum Gasteiger partial charge on any atom is 0.222 e. The van der Waals surface area contributed by atoms with Gasteiger partial charge in [-0.25, -0.2) is 4.98 Å². The zero-order chi connectivity index (χ0) is 16.5. The topological polar surface area (TPSA) is 41.4 Å². The Labute approximate surface area is 146 Å². The maximum atomic E-state index is 12.0. The number of hydrogen-bond donors (Lipinski definition) is 0. The Kier molecular flexibility index (Phi) is 4.41. The fourth-order valence-corrected chi connectivity index (χ4v) is 4.79. The van der Waals surface area contributed by atoms with Crippen molar-refractivity contribution in [2.75, 3.05) is 19.6 Å². The van der Waals surface area contributed by atoms with E-state index in [0.717, 1.165) is 57.9 Å². The van der Waals surface area contributed by atoms with Crippen LogP contribution in [0.2, 0.25) is 0 Å². The first-order chi connectivity index (χ1) is 11.7. The summed E-state index contributed by atoms with van der Waals surface area (Å²) in [6.07, 6.45) is 5.71. The van der Waals surface area contributed by atoms with Crippen LogP contribution in [0.5, 0.6) is 0 Å². The van der Waals surface area contributed by atoms with E-state index in [-0.39, 0.29) is 0 Å². The molecule has 0 bridgehead atoms. The van der Waals surface area contributed by atoms with Crippen LogP contribution in [0.4, 0.5) is 0 Å². The van der Waals surface area contributed by atoms with Crippen molar-refractivity contribution in [3.05, 3.63) is 40.1 Å². The van der Waals surface area contributed by atoms with E-state index in [1.165, 1.54) is 9.75 Å². The lowest BCUT2D eigenvalue weighted by Crippen LogP contribution is -2.37. The lowest BCUT2D eigenvalue weighted by molar-refractivity contribution is -0.128. The largest absolute Gasteiger partial charge is 0.342 e. The minimum Gasteiger partial charge on any atom is -0.342 e. The highest BCUT2D eigenvalue weighted by atomic mass is 32.1. The van der Waals surface area contributed by atoms with E-state index in [9.17, 15) is 4.79 Å². The van der Waals surface area contributed by atoms with Crippen LogP contribution in [0.15, 0.2) is 24.5 Å². The molecule has 2 aliphatic rings. The molecule has 1 amide bonds. The molecule has 2 aromatic heterocycles. The Balaban J connectivity index is 1.50. The molecule has 4 rings (SSSR count). The molecule has 6 heteroatoms. The second-order valence-electron chi connectivity index (χ2n) is 6.99. The SMILES string of the molecule is Cc1ccc(CN2Cc3nccn3CC(CN3CCCC3=O)C2)s1. The van der Waals surface area contributed by atoms with Crippen molar-refractivity contribution in [3.63, 3.8) is 0 Å². The van der Waals surface area contributed by atoms with Crippen molar-refractivity contribution in [2.45, 2.75) is 39.4 Å². The molecule has 0 saturated carbocycles. The fourth-order valence-electron chi connectivity index (χ4n) is 3.86. The standard InChI is InChI=1S/C18H24N4OS/c1-14-4-5-16(24-14)12-20-9-15(11-22-7-2-3-18(22)23)10-21-8-6-19-17(21)13-20/h4-6,8,15H,2-3,7,9-13H2,1H3. The zero-order valence-corrected chi connectivity index (χ0v) is 15.0. The summed E-state index contributed by atoms with van der Waals surface area (Å²) in [7, 11) is 0. The first-order valence-electron chi connectivity index (χ1n) is 8.73. The van der Waals surface area contributed by atoms with E-state index in [4.69, 9.17) is 0 Å². The minimum atomic E-state index is 0.325. The zero-order valence-electron chi connectivity index (χ0n) is 14.1. The van der Waals surface area contributed by atoms with Crippen LogP contribution in [0.25, 0.3) is 0 Å². The molecule has 128 valence electrons. The van der Waals surface area contributed by atoms with Crippen LogP contribution in [-0.2, 0) is 24.4 Å². The third kappa shape index (κ3) is 3.39. The Morgan fingerprint density at radius 1 is 1.33 bits per heavy atom. The van der Waals surface area contributed by atoms with Crippen LogP contribution in [-0.4, -0.2) is 44.9 Å². The number of amides is 1. The van der Waals surface area contributed by atoms with Gasteiger partial charge in [0.25, 0.3) is 0 Å². The molecular formula is C18H24N4OS. The summed E-state index contributed by atoms with van der Waals surface area (Å²) in [4.78, 5) is 23.9. The van der Waals surface area contributed by atoms with Crippen molar-refractivity contribution in [1.29, 1.82) is 0 Å². The van der Waals surface area contributed by atoms with Crippen LogP contribution in [0.3, 0.4) is 0 Å². The number of rotatable bonds is 4. The van der Waals surface area contributed by atoms with Gasteiger partial charge in [-0.1, -0.05) is 0 Å². The summed E-state index contributed by atoms with van der Waals surface area (Å²) in [5, 5.41) is 0. The van der Waals surface area contributed by atoms with Crippen molar-refractivity contribution in [3.8, 4) is 0 Å². The Bertz CT molecular complexity index is 722. The van der Waals surface area contributed by atoms with E-state index >= 15 is 0 Å². The van der Waals surface area contributed by atoms with Gasteiger partial charge >= 0.3 is 0 Å². The van der Waals surface area contributed by atoms with Crippen molar-refractivity contribution < 1.29 is 4.79 Å². The molecule has 0 aliphatic carbocycles. The third-order valence-corrected chi connectivity index (χ3v) is 5.95. The highest BCUT2D eigenvalue weighted by Crippen LogP contribution is 2.23. The molecule has 0 radical (unpaired) electrons. The van der Waals surface area contributed by atoms with E-state index < -0.39 is 0 Å². The van der Waals surface area contributed by atoms with Crippen LogP contribution in [0.1, 0.15) is 28.4 Å². The summed E-state index contributed by atoms with van der Waals surface area (Å²) >= 11 is 1.87. The highest BCUT2D eigenvalue weighted by Gasteiger charge is 2.28. The second kappa shape index (κ2) is 6.69. The third-order valence-electron chi connectivity index (χ3n) is 4.96. The predicted octanol–water partition coefficient (Wildman–Crippen LogP) is 2.51. The first kappa shape index (κ1) is 15.8. The normalized spacial score (nSPS) is 22.0. The summed E-state index contributed by atoms with van der Waals surface area (Å²) < 4.78 is 2.27. The summed E-state index contributed by atoms with van der Waals surface area (Å²) in [6.45, 7) is 7.78. The number of aryl methyl sites for hydroxylation is 1. The van der Waals surface area contributed by atoms with E-state index in [0.29, 0.717) is 11.8 Å². The van der Waals surface area contributed by atoms with Gasteiger partial charge in [0, 0.05) is 67.2 Å². The summed E-state index contributed by atoms with van der Waals surface area (Å²) in [6, 6.07) is 4.43. The first-order valence-corrected chi connectivity index (χ1v) is 9.54. The number of carbonyl (C=O) groups is 1. The number of likely N-dealkylation sites (tertiary alicyclic amines) is 1. The molecule has 4 heterocycles. The minimum absolute atomic E-state index is 0.325. The number of nitrogens with zero attached hydrogens (tertiary/aromatic N) is 4. The van der Waals surface area contributed by atoms with Gasteiger partial charge in [0.1, 0.15) is 5.82 Å². The van der Waals surface area contributed by atoms with Gasteiger partial charge in [-0.3, -0.25) is 9.69 Å². The molecule has 1 saturated heterocycles. The van der Waals surface area contributed by atoms with Crippen LogP contribution < -0.4 is 0 Å².